The normalized spacial score (nSPS) is 23.8. The van der Waals surface area contributed by atoms with Crippen LogP contribution in [0, 0.1) is 5.92 Å². The highest BCUT2D eigenvalue weighted by atomic mass is 35.5. The van der Waals surface area contributed by atoms with Crippen LogP contribution in [-0.4, -0.2) is 48.5 Å². The molecule has 1 heterocycles. The number of benzene rings is 2. The zero-order valence-corrected chi connectivity index (χ0v) is 21.1. The molecule has 1 aliphatic heterocycles. The van der Waals surface area contributed by atoms with Crippen LogP contribution in [0.15, 0.2) is 60.4 Å². The lowest BCUT2D eigenvalue weighted by molar-refractivity contribution is -0.135. The van der Waals surface area contributed by atoms with Crippen LogP contribution in [0.1, 0.15) is 43.7 Å². The van der Waals surface area contributed by atoms with Crippen molar-refractivity contribution in [1.29, 1.82) is 0 Å². The van der Waals surface area contributed by atoms with Gasteiger partial charge >= 0.3 is 0 Å². The highest BCUT2D eigenvalue weighted by Gasteiger charge is 2.40. The van der Waals surface area contributed by atoms with E-state index in [0.29, 0.717) is 17.9 Å². The third-order valence-corrected chi connectivity index (χ3v) is 7.18. The monoisotopic (exact) mass is 495 g/mol. The van der Waals surface area contributed by atoms with E-state index in [9.17, 15) is 9.59 Å². The molecule has 7 heteroatoms. The summed E-state index contributed by atoms with van der Waals surface area (Å²) >= 11 is 6.23. The van der Waals surface area contributed by atoms with Crippen LogP contribution in [0.25, 0.3) is 6.08 Å². The Morgan fingerprint density at radius 1 is 1.20 bits per heavy atom. The van der Waals surface area contributed by atoms with Gasteiger partial charge in [-0.3, -0.25) is 9.59 Å². The molecule has 2 amide bonds. The SMILES string of the molecule is CCC(CN(C)Cc1ccccc1)NC(=O)C1CCC2O/C(=C\c3ccccc3Cl)C(=O)NC2C1. The van der Waals surface area contributed by atoms with E-state index in [2.05, 4.69) is 41.6 Å². The lowest BCUT2D eigenvalue weighted by Gasteiger charge is -2.40. The number of fused-ring (bicyclic) bond motifs is 1. The number of ether oxygens (including phenoxy) is 1. The van der Waals surface area contributed by atoms with Crippen molar-refractivity contribution in [3.8, 4) is 0 Å². The zero-order chi connectivity index (χ0) is 24.8. The fourth-order valence-corrected chi connectivity index (χ4v) is 5.08. The van der Waals surface area contributed by atoms with E-state index in [4.69, 9.17) is 16.3 Å². The molecule has 0 spiro atoms. The second kappa shape index (κ2) is 11.7. The van der Waals surface area contributed by atoms with Crippen molar-refractivity contribution in [2.24, 2.45) is 5.92 Å². The molecule has 1 aliphatic carbocycles. The van der Waals surface area contributed by atoms with Crippen LogP contribution < -0.4 is 10.6 Å². The molecule has 0 radical (unpaired) electrons. The topological polar surface area (TPSA) is 70.7 Å². The first-order chi connectivity index (χ1) is 16.9. The maximum Gasteiger partial charge on any atom is 0.286 e. The molecule has 2 aromatic rings. The summed E-state index contributed by atoms with van der Waals surface area (Å²) in [5.74, 6) is -0.0613. The van der Waals surface area contributed by atoms with E-state index >= 15 is 0 Å². The molecule has 4 atom stereocenters. The number of likely N-dealkylation sites (N-methyl/N-ethyl adjacent to an activating group) is 1. The Labute approximate surface area is 212 Å². The minimum Gasteiger partial charge on any atom is -0.483 e. The average molecular weight is 496 g/mol. The van der Waals surface area contributed by atoms with Gasteiger partial charge in [0.05, 0.1) is 6.04 Å². The van der Waals surface area contributed by atoms with Crippen molar-refractivity contribution in [3.05, 3.63) is 76.5 Å². The number of hydrogen-bond donors (Lipinski definition) is 2. The number of amides is 2. The van der Waals surface area contributed by atoms with Gasteiger partial charge in [0, 0.05) is 30.1 Å². The summed E-state index contributed by atoms with van der Waals surface area (Å²) in [7, 11) is 2.08. The molecule has 35 heavy (non-hydrogen) atoms. The van der Waals surface area contributed by atoms with Gasteiger partial charge in [-0.05, 0) is 56.0 Å². The fourth-order valence-electron chi connectivity index (χ4n) is 4.89. The number of halogens is 1. The molecule has 2 aromatic carbocycles. The van der Waals surface area contributed by atoms with E-state index in [1.807, 2.05) is 36.4 Å². The number of carbonyl (C=O) groups is 2. The molecule has 2 fully saturated rings. The van der Waals surface area contributed by atoms with Crippen molar-refractivity contribution in [2.45, 2.75) is 57.3 Å². The Balaban J connectivity index is 1.30. The second-order valence-corrected chi connectivity index (χ2v) is 9.98. The lowest BCUT2D eigenvalue weighted by atomic mass is 9.82. The Morgan fingerprint density at radius 2 is 1.94 bits per heavy atom. The molecular formula is C28H34ClN3O3. The van der Waals surface area contributed by atoms with E-state index in [0.717, 1.165) is 31.5 Å². The fraction of sp³-hybridized carbons (Fsp3) is 0.429. The van der Waals surface area contributed by atoms with E-state index in [-0.39, 0.29) is 41.7 Å². The summed E-state index contributed by atoms with van der Waals surface area (Å²) < 4.78 is 6.05. The summed E-state index contributed by atoms with van der Waals surface area (Å²) in [5.41, 5.74) is 2.00. The molecule has 0 aromatic heterocycles. The molecule has 1 saturated carbocycles. The lowest BCUT2D eigenvalue weighted by Crippen LogP contribution is -2.55. The van der Waals surface area contributed by atoms with Crippen molar-refractivity contribution in [1.82, 2.24) is 15.5 Å². The maximum atomic E-state index is 13.1. The van der Waals surface area contributed by atoms with Crippen molar-refractivity contribution >= 4 is 29.5 Å². The predicted octanol–water partition coefficient (Wildman–Crippen LogP) is 4.39. The maximum absolute atomic E-state index is 13.1. The second-order valence-electron chi connectivity index (χ2n) is 9.57. The quantitative estimate of drug-likeness (QED) is 0.533. The van der Waals surface area contributed by atoms with E-state index in [1.165, 1.54) is 5.56 Å². The predicted molar refractivity (Wildman–Crippen MR) is 139 cm³/mol. The van der Waals surface area contributed by atoms with Gasteiger partial charge < -0.3 is 20.3 Å². The van der Waals surface area contributed by atoms with Crippen LogP contribution in [0.2, 0.25) is 5.02 Å². The zero-order valence-electron chi connectivity index (χ0n) is 20.4. The molecule has 186 valence electrons. The summed E-state index contributed by atoms with van der Waals surface area (Å²) in [6.45, 7) is 3.72. The van der Waals surface area contributed by atoms with Crippen LogP contribution >= 0.6 is 11.6 Å². The van der Waals surface area contributed by atoms with Crippen molar-refractivity contribution in [3.63, 3.8) is 0 Å². The third-order valence-electron chi connectivity index (χ3n) is 6.83. The number of morpholine rings is 1. The van der Waals surface area contributed by atoms with E-state index in [1.54, 1.807) is 12.1 Å². The highest BCUT2D eigenvalue weighted by Crippen LogP contribution is 2.32. The molecule has 0 bridgehead atoms. The highest BCUT2D eigenvalue weighted by molar-refractivity contribution is 6.32. The summed E-state index contributed by atoms with van der Waals surface area (Å²) in [6, 6.07) is 17.6. The summed E-state index contributed by atoms with van der Waals surface area (Å²) in [5, 5.41) is 6.87. The minimum atomic E-state index is -0.263. The van der Waals surface area contributed by atoms with Crippen LogP contribution in [0.3, 0.4) is 0 Å². The third kappa shape index (κ3) is 6.65. The number of carbonyl (C=O) groups excluding carboxylic acids is 2. The molecule has 1 saturated heterocycles. The first kappa shape index (κ1) is 25.3. The smallest absolute Gasteiger partial charge is 0.286 e. The average Bonchev–Trinajstić information content (AvgIpc) is 2.85. The van der Waals surface area contributed by atoms with Gasteiger partial charge in [0.2, 0.25) is 5.91 Å². The first-order valence-electron chi connectivity index (χ1n) is 12.4. The minimum absolute atomic E-state index is 0.0649. The van der Waals surface area contributed by atoms with Crippen molar-refractivity contribution in [2.75, 3.05) is 13.6 Å². The van der Waals surface area contributed by atoms with Crippen LogP contribution in [0.4, 0.5) is 0 Å². The Hall–Kier alpha value is -2.83. The number of nitrogens with one attached hydrogen (secondary N) is 2. The Bertz CT molecular complexity index is 1060. The molecule has 4 unspecified atom stereocenters. The van der Waals surface area contributed by atoms with Gasteiger partial charge in [0.25, 0.3) is 5.91 Å². The molecule has 6 nitrogen and oxygen atoms in total. The molecule has 2 aliphatic rings. The van der Waals surface area contributed by atoms with Crippen molar-refractivity contribution < 1.29 is 14.3 Å². The molecule has 4 rings (SSSR count). The van der Waals surface area contributed by atoms with Gasteiger partial charge in [0.15, 0.2) is 5.76 Å². The molecule has 2 N–H and O–H groups in total. The Morgan fingerprint density at radius 3 is 2.69 bits per heavy atom. The van der Waals surface area contributed by atoms with Crippen LogP contribution in [-0.2, 0) is 20.9 Å². The molecular weight excluding hydrogens is 462 g/mol. The first-order valence-corrected chi connectivity index (χ1v) is 12.8. The Kier molecular flexibility index (Phi) is 8.47. The summed E-state index contributed by atoms with van der Waals surface area (Å²) in [6.07, 6.45) is 4.44. The van der Waals surface area contributed by atoms with E-state index < -0.39 is 0 Å². The van der Waals surface area contributed by atoms with Gasteiger partial charge in [-0.15, -0.1) is 0 Å². The van der Waals surface area contributed by atoms with Gasteiger partial charge in [-0.25, -0.2) is 0 Å². The number of nitrogens with zero attached hydrogens (tertiary/aromatic N) is 1. The van der Waals surface area contributed by atoms with Gasteiger partial charge in [0.1, 0.15) is 6.10 Å². The van der Waals surface area contributed by atoms with Gasteiger partial charge in [-0.2, -0.15) is 0 Å². The number of hydrogen-bond acceptors (Lipinski definition) is 4. The van der Waals surface area contributed by atoms with Gasteiger partial charge in [-0.1, -0.05) is 67.1 Å². The standard InChI is InChI=1S/C28H34ClN3O3/c1-3-22(18-32(2)17-19-9-5-4-6-10-19)30-27(33)21-13-14-25-24(15-21)31-28(34)26(35-25)16-20-11-7-8-12-23(20)29/h4-12,16,21-22,24-25H,3,13-15,17-18H2,1-2H3,(H,30,33)(H,31,34)/b26-16-. The largest absolute Gasteiger partial charge is 0.483 e. The van der Waals surface area contributed by atoms with Crippen LogP contribution in [0.5, 0.6) is 0 Å². The number of rotatable bonds is 8. The summed E-state index contributed by atoms with van der Waals surface area (Å²) in [4.78, 5) is 28.0.